The number of hydrogen-bond acceptors (Lipinski definition) is 18. The molecule has 17 aromatic carbocycles. The van der Waals surface area contributed by atoms with Crippen LogP contribution in [0.5, 0.6) is 92.0 Å². The maximum atomic E-state index is 13.3. The number of benzene rings is 17. The van der Waals surface area contributed by atoms with Gasteiger partial charge in [0.2, 0.25) is 0 Å². The van der Waals surface area contributed by atoms with Crippen molar-refractivity contribution in [1.82, 2.24) is 0 Å². The minimum absolute atomic E-state index is 0.102. The van der Waals surface area contributed by atoms with E-state index in [1.807, 2.05) is 394 Å². The molecule has 17 aromatic rings. The van der Waals surface area contributed by atoms with Gasteiger partial charge in [-0.2, -0.15) is 0 Å². The van der Waals surface area contributed by atoms with E-state index in [1.165, 1.54) is 0 Å². The lowest BCUT2D eigenvalue weighted by Gasteiger charge is -2.17. The van der Waals surface area contributed by atoms with Crippen molar-refractivity contribution >= 4 is 5.78 Å². The van der Waals surface area contributed by atoms with E-state index in [0.717, 1.165) is 83.5 Å². The number of carbonyl (C=O) groups is 1. The maximum absolute atomic E-state index is 13.3. The van der Waals surface area contributed by atoms with Gasteiger partial charge in [0.15, 0.2) is 12.4 Å². The van der Waals surface area contributed by atoms with Crippen LogP contribution in [0.1, 0.15) is 99.4 Å². The Hall–Kier alpha value is -16.8. The third-order valence-corrected chi connectivity index (χ3v) is 22.0. The van der Waals surface area contributed by atoms with Gasteiger partial charge in [0, 0.05) is 54.1 Å². The molecule has 0 atom stereocenters. The van der Waals surface area contributed by atoms with Crippen LogP contribution < -0.4 is 75.8 Å². The molecular weight excluding hydrogens is 1730 g/mol. The van der Waals surface area contributed by atoms with Crippen molar-refractivity contribution in [2.75, 3.05) is 6.61 Å². The van der Waals surface area contributed by atoms with Crippen molar-refractivity contribution in [1.29, 1.82) is 0 Å². The van der Waals surface area contributed by atoms with Crippen molar-refractivity contribution in [3.05, 3.63) is 513 Å². The average molecular weight is 1830 g/mol. The SMILES string of the molecule is O=C(COc1cc(COc2cc(COc3cc(COc4cc(COc5cc(COc6cc(COc7cc(COc8cc(CO)cc(OCc9ccccc9)c8)cc(OCc8ccccc8)c7)cc(OCc7ccccc7)c6)cc(OCc6ccccc6)c5)cc(OCc5ccccc5)c4)cc(OCc4ccccc4)c3)cc(OCc3ccccc3)c2)cc(OCc2ccccc2)c1)c1ccccc1. The van der Waals surface area contributed by atoms with Crippen molar-refractivity contribution in [3.63, 3.8) is 0 Å². The summed E-state index contributed by atoms with van der Waals surface area (Å²) in [6.07, 6.45) is 0. The van der Waals surface area contributed by atoms with Crippen molar-refractivity contribution in [2.45, 2.75) is 106 Å². The lowest BCUT2D eigenvalue weighted by atomic mass is 10.1. The largest absolute Gasteiger partial charge is 0.489 e. The Balaban J connectivity index is 0.612. The van der Waals surface area contributed by atoms with Crippen LogP contribution >= 0.6 is 0 Å². The van der Waals surface area contributed by atoms with Crippen LogP contribution in [0, 0.1) is 0 Å². The molecule has 0 aliphatic rings. The molecule has 0 unspecified atom stereocenters. The molecule has 692 valence electrons. The summed E-state index contributed by atoms with van der Waals surface area (Å²) in [7, 11) is 0. The zero-order valence-corrected chi connectivity index (χ0v) is 76.2. The first-order valence-electron chi connectivity index (χ1n) is 45.7. The summed E-state index contributed by atoms with van der Waals surface area (Å²) >= 11 is 0. The standard InChI is InChI=1S/C120H104O18/c121-70-95-46-104(123-71-87-28-10-1-11-29-87)62-105(47-95)131-79-96-48-106(124-72-88-30-12-2-13-31-88)63-113(55-96)132-80-97-49-107(125-73-89-32-14-3-15-33-89)64-114(56-97)133-81-98-50-108(126-74-90-34-16-4-17-35-90)65-115(57-98)134-82-99-51-109(127-75-91-36-18-5-19-37-91)66-116(58-99)135-83-100-52-110(128-76-92-38-20-6-21-39-92)67-117(59-100)136-84-101-53-111(129-77-93-40-22-7-23-41-93)68-118(60-101)137-85-102-54-112(130-78-94-42-24-8-25-43-94)69-119(61-102)138-86-120(122)103-44-26-9-27-45-103/h1-69,121H,70-86H2. The van der Waals surface area contributed by atoms with Crippen molar-refractivity contribution < 1.29 is 85.7 Å². The van der Waals surface area contributed by atoms with Gasteiger partial charge in [-0.3, -0.25) is 4.79 Å². The fraction of sp³-hybridized carbons (Fsp3) is 0.142. The number of rotatable bonds is 50. The molecule has 18 nitrogen and oxygen atoms in total. The van der Waals surface area contributed by atoms with Crippen LogP contribution in [0.25, 0.3) is 0 Å². The summed E-state index contributed by atoms with van der Waals surface area (Å²) in [4.78, 5) is 13.3. The van der Waals surface area contributed by atoms with Gasteiger partial charge in [-0.15, -0.1) is 0 Å². The van der Waals surface area contributed by atoms with E-state index in [0.29, 0.717) is 156 Å². The average Bonchev–Trinajstić information content (AvgIpc) is 0.840. The smallest absolute Gasteiger partial charge is 0.200 e. The Morgan fingerprint density at radius 1 is 0.145 bits per heavy atom. The molecule has 0 spiro atoms. The lowest BCUT2D eigenvalue weighted by Crippen LogP contribution is -2.11. The topological polar surface area (TPSA) is 185 Å². The van der Waals surface area contributed by atoms with Gasteiger partial charge in [-0.25, -0.2) is 0 Å². The highest BCUT2D eigenvalue weighted by atomic mass is 16.5. The zero-order chi connectivity index (χ0) is 93.8. The molecule has 0 saturated carbocycles. The van der Waals surface area contributed by atoms with Crippen LogP contribution in [0.4, 0.5) is 0 Å². The third kappa shape index (κ3) is 29.6. The first-order chi connectivity index (χ1) is 68.0. The first-order valence-corrected chi connectivity index (χ1v) is 45.7. The van der Waals surface area contributed by atoms with Crippen LogP contribution in [0.2, 0.25) is 0 Å². The predicted octanol–water partition coefficient (Wildman–Crippen LogP) is 26.1. The van der Waals surface area contributed by atoms with Crippen LogP contribution in [0.3, 0.4) is 0 Å². The molecule has 0 fully saturated rings. The zero-order valence-electron chi connectivity index (χ0n) is 76.2. The summed E-state index contributed by atoms with van der Waals surface area (Å²) in [6.45, 7) is 2.96. The van der Waals surface area contributed by atoms with Gasteiger partial charge >= 0.3 is 0 Å². The van der Waals surface area contributed by atoms with Gasteiger partial charge in [0.25, 0.3) is 0 Å². The second-order valence-electron chi connectivity index (χ2n) is 33.0. The molecule has 0 radical (unpaired) electrons. The molecule has 0 bridgehead atoms. The van der Waals surface area contributed by atoms with Gasteiger partial charge in [0.05, 0.1) is 6.61 Å². The molecule has 17 rings (SSSR count). The van der Waals surface area contributed by atoms with E-state index in [1.54, 1.807) is 24.3 Å². The van der Waals surface area contributed by atoms with Gasteiger partial charge in [-0.1, -0.05) is 273 Å². The van der Waals surface area contributed by atoms with E-state index in [9.17, 15) is 9.90 Å². The van der Waals surface area contributed by atoms with E-state index in [-0.39, 0.29) is 65.2 Å². The molecule has 1 N–H and O–H groups in total. The molecule has 0 aliphatic carbocycles. The Bertz CT molecular complexity index is 6590. The predicted molar refractivity (Wildman–Crippen MR) is 530 cm³/mol. The fourth-order valence-corrected chi connectivity index (χ4v) is 15.0. The third-order valence-electron chi connectivity index (χ3n) is 22.0. The molecule has 0 amide bonds. The minimum atomic E-state index is -0.194. The normalized spacial score (nSPS) is 10.9. The molecule has 0 aromatic heterocycles. The van der Waals surface area contributed by atoms with Crippen molar-refractivity contribution in [3.8, 4) is 92.0 Å². The summed E-state index contributed by atoms with van der Waals surface area (Å²) in [5.41, 5.74) is 14.6. The number of ketones is 1. The number of Topliss-reactive ketones (excluding diaryl/α,β-unsaturated/α-hetero) is 1. The monoisotopic (exact) mass is 1830 g/mol. The lowest BCUT2D eigenvalue weighted by molar-refractivity contribution is 0.0921. The molecule has 138 heavy (non-hydrogen) atoms. The van der Waals surface area contributed by atoms with Gasteiger partial charge in [0.1, 0.15) is 191 Å². The van der Waals surface area contributed by atoms with Gasteiger partial charge in [-0.05, 0) is 186 Å². The van der Waals surface area contributed by atoms with Gasteiger partial charge < -0.3 is 80.9 Å². The molecule has 18 heteroatoms. The Morgan fingerprint density at radius 2 is 0.268 bits per heavy atom. The summed E-state index contributed by atoms with van der Waals surface area (Å²) in [5.74, 6) is 8.57. The maximum Gasteiger partial charge on any atom is 0.200 e. The summed E-state index contributed by atoms with van der Waals surface area (Å²) in [6, 6.07) is 134. The Kier molecular flexibility index (Phi) is 32.8. The number of carbonyl (C=O) groups excluding carboxylic acids is 1. The van der Waals surface area contributed by atoms with Crippen LogP contribution in [-0.2, 0) is 106 Å². The molecule has 0 saturated heterocycles. The molecule has 0 aliphatic heterocycles. The molecule has 0 heterocycles. The fourth-order valence-electron chi connectivity index (χ4n) is 15.0. The van der Waals surface area contributed by atoms with E-state index in [2.05, 4.69) is 0 Å². The highest BCUT2D eigenvalue weighted by molar-refractivity contribution is 5.97. The first kappa shape index (κ1) is 93.0. The quantitative estimate of drug-likeness (QED) is 0.0355. The van der Waals surface area contributed by atoms with Crippen LogP contribution in [-0.4, -0.2) is 17.5 Å². The number of hydrogen-bond donors (Lipinski definition) is 1. The second-order valence-corrected chi connectivity index (χ2v) is 33.0. The minimum Gasteiger partial charge on any atom is -0.489 e. The highest BCUT2D eigenvalue weighted by Crippen LogP contribution is 2.37. The van der Waals surface area contributed by atoms with E-state index in [4.69, 9.17) is 75.8 Å². The summed E-state index contributed by atoms with van der Waals surface area (Å²) in [5, 5.41) is 10.3. The van der Waals surface area contributed by atoms with E-state index < -0.39 is 0 Å². The number of aliphatic hydroxyl groups is 1. The number of aliphatic hydroxyl groups excluding tert-OH is 1. The Morgan fingerprint density at radius 3 is 0.413 bits per heavy atom. The highest BCUT2D eigenvalue weighted by Gasteiger charge is 2.19. The molecular formula is C120H104O18. The van der Waals surface area contributed by atoms with Crippen molar-refractivity contribution in [2.24, 2.45) is 0 Å². The second kappa shape index (κ2) is 48.7. The van der Waals surface area contributed by atoms with E-state index >= 15 is 0 Å². The van der Waals surface area contributed by atoms with Crippen LogP contribution in [0.15, 0.2) is 419 Å². The number of ether oxygens (including phenoxy) is 16. The summed E-state index contributed by atoms with van der Waals surface area (Å²) < 4.78 is 105. The Labute approximate surface area is 804 Å².